The number of nitrogen functional groups attached to an aromatic ring is 1. The van der Waals surface area contributed by atoms with Gasteiger partial charge in [0.2, 0.25) is 0 Å². The van der Waals surface area contributed by atoms with E-state index in [2.05, 4.69) is 16.0 Å². The van der Waals surface area contributed by atoms with E-state index in [0.29, 0.717) is 21.9 Å². The van der Waals surface area contributed by atoms with E-state index in [1.54, 1.807) is 19.3 Å². The normalized spacial score (nSPS) is 9.75. The number of hydrogen-bond acceptors (Lipinski definition) is 6. The summed E-state index contributed by atoms with van der Waals surface area (Å²) in [4.78, 5) is 8.12. The topological polar surface area (TPSA) is 99.4 Å². The molecule has 0 saturated carbocycles. The molecule has 0 saturated heterocycles. The van der Waals surface area contributed by atoms with Gasteiger partial charge in [0.25, 0.3) is 0 Å². The molecule has 0 aliphatic heterocycles. The van der Waals surface area contributed by atoms with Crippen LogP contribution in [-0.4, -0.2) is 9.97 Å². The minimum atomic E-state index is 0.168. The summed E-state index contributed by atoms with van der Waals surface area (Å²) >= 11 is 1.42. The molecule has 2 aromatic rings. The van der Waals surface area contributed by atoms with Gasteiger partial charge in [-0.05, 0) is 30.2 Å². The van der Waals surface area contributed by atoms with Crippen molar-refractivity contribution < 1.29 is 0 Å². The van der Waals surface area contributed by atoms with Gasteiger partial charge in [0, 0.05) is 18.1 Å². The van der Waals surface area contributed by atoms with Crippen LogP contribution in [0, 0.1) is 29.6 Å². The standard InChI is InChI=1S/C14H11N5S/c1-9-11(6-15)13(17)19-14(12(9)7-16)20-8-10-2-4-18-5-3-10/h2-5H,8H2,1H3,(H2,17,19). The van der Waals surface area contributed by atoms with Gasteiger partial charge in [-0.15, -0.1) is 11.8 Å². The Labute approximate surface area is 121 Å². The quantitative estimate of drug-likeness (QED) is 0.867. The molecule has 0 atom stereocenters. The highest BCUT2D eigenvalue weighted by molar-refractivity contribution is 7.98. The Bertz CT molecular complexity index is 713. The van der Waals surface area contributed by atoms with Crippen LogP contribution in [-0.2, 0) is 5.75 Å². The van der Waals surface area contributed by atoms with Crippen molar-refractivity contribution in [1.29, 1.82) is 10.5 Å². The van der Waals surface area contributed by atoms with Gasteiger partial charge in [0.05, 0.1) is 11.1 Å². The molecule has 6 heteroatoms. The summed E-state index contributed by atoms with van der Waals surface area (Å²) in [6.45, 7) is 1.71. The minimum Gasteiger partial charge on any atom is -0.383 e. The lowest BCUT2D eigenvalue weighted by Gasteiger charge is -2.09. The number of aromatic nitrogens is 2. The lowest BCUT2D eigenvalue weighted by Crippen LogP contribution is -2.03. The Balaban J connectivity index is 2.34. The van der Waals surface area contributed by atoms with Gasteiger partial charge >= 0.3 is 0 Å². The second-order valence-electron chi connectivity index (χ2n) is 4.04. The molecule has 20 heavy (non-hydrogen) atoms. The number of pyridine rings is 2. The van der Waals surface area contributed by atoms with Gasteiger partial charge in [-0.2, -0.15) is 10.5 Å². The third kappa shape index (κ3) is 2.71. The van der Waals surface area contributed by atoms with Gasteiger partial charge in [-0.1, -0.05) is 0 Å². The van der Waals surface area contributed by atoms with E-state index in [-0.39, 0.29) is 11.4 Å². The summed E-state index contributed by atoms with van der Waals surface area (Å²) in [6.07, 6.45) is 3.43. The summed E-state index contributed by atoms with van der Waals surface area (Å²) in [5.41, 5.74) is 8.11. The maximum atomic E-state index is 9.24. The lowest BCUT2D eigenvalue weighted by atomic mass is 10.1. The lowest BCUT2D eigenvalue weighted by molar-refractivity contribution is 1.08. The van der Waals surface area contributed by atoms with Crippen LogP contribution >= 0.6 is 11.8 Å². The Kier molecular flexibility index (Phi) is 4.19. The summed E-state index contributed by atoms with van der Waals surface area (Å²) in [6, 6.07) is 7.89. The maximum absolute atomic E-state index is 9.24. The molecule has 0 aliphatic rings. The van der Waals surface area contributed by atoms with E-state index in [1.165, 1.54) is 11.8 Å². The number of nitriles is 2. The number of hydrogen-bond donors (Lipinski definition) is 1. The number of anilines is 1. The summed E-state index contributed by atoms with van der Waals surface area (Å²) in [5.74, 6) is 0.829. The zero-order valence-electron chi connectivity index (χ0n) is 10.8. The molecule has 0 amide bonds. The van der Waals surface area contributed by atoms with Gasteiger partial charge in [0.1, 0.15) is 23.0 Å². The van der Waals surface area contributed by atoms with E-state index >= 15 is 0 Å². The molecule has 98 valence electrons. The Morgan fingerprint density at radius 1 is 1.20 bits per heavy atom. The van der Waals surface area contributed by atoms with Crippen LogP contribution in [0.3, 0.4) is 0 Å². The maximum Gasteiger partial charge on any atom is 0.143 e. The molecule has 0 fully saturated rings. The number of rotatable bonds is 3. The molecule has 5 nitrogen and oxygen atoms in total. The number of thioether (sulfide) groups is 1. The summed E-state index contributed by atoms with van der Waals surface area (Å²) in [7, 11) is 0. The monoisotopic (exact) mass is 281 g/mol. The largest absolute Gasteiger partial charge is 0.383 e. The first kappa shape index (κ1) is 13.9. The van der Waals surface area contributed by atoms with Crippen molar-refractivity contribution in [2.45, 2.75) is 17.7 Å². The summed E-state index contributed by atoms with van der Waals surface area (Å²) in [5, 5.41) is 18.8. The molecule has 2 N–H and O–H groups in total. The molecule has 0 unspecified atom stereocenters. The third-order valence-electron chi connectivity index (χ3n) is 2.79. The van der Waals surface area contributed by atoms with Crippen molar-refractivity contribution in [1.82, 2.24) is 9.97 Å². The Morgan fingerprint density at radius 2 is 1.85 bits per heavy atom. The fourth-order valence-corrected chi connectivity index (χ4v) is 2.71. The average molecular weight is 281 g/mol. The van der Waals surface area contributed by atoms with Crippen molar-refractivity contribution in [2.75, 3.05) is 5.73 Å². The van der Waals surface area contributed by atoms with E-state index in [9.17, 15) is 5.26 Å². The smallest absolute Gasteiger partial charge is 0.143 e. The highest BCUT2D eigenvalue weighted by Gasteiger charge is 2.15. The zero-order valence-corrected chi connectivity index (χ0v) is 11.6. The van der Waals surface area contributed by atoms with Crippen LogP contribution in [0.25, 0.3) is 0 Å². The highest BCUT2D eigenvalue weighted by Crippen LogP contribution is 2.29. The second-order valence-corrected chi connectivity index (χ2v) is 5.01. The number of nitrogens with zero attached hydrogens (tertiary/aromatic N) is 4. The molecule has 0 radical (unpaired) electrons. The van der Waals surface area contributed by atoms with Crippen molar-refractivity contribution in [2.24, 2.45) is 0 Å². The SMILES string of the molecule is Cc1c(C#N)c(N)nc(SCc2ccncc2)c1C#N. The van der Waals surface area contributed by atoms with Crippen LogP contribution in [0.1, 0.15) is 22.3 Å². The molecular weight excluding hydrogens is 270 g/mol. The van der Waals surface area contributed by atoms with Crippen LogP contribution in [0.2, 0.25) is 0 Å². The fourth-order valence-electron chi connectivity index (χ4n) is 1.71. The van der Waals surface area contributed by atoms with Crippen LogP contribution in [0.4, 0.5) is 5.82 Å². The molecule has 0 bridgehead atoms. The molecule has 2 rings (SSSR count). The van der Waals surface area contributed by atoms with E-state index in [0.717, 1.165) is 5.56 Å². The van der Waals surface area contributed by atoms with Crippen molar-refractivity contribution in [3.05, 3.63) is 46.8 Å². The van der Waals surface area contributed by atoms with Crippen LogP contribution < -0.4 is 5.73 Å². The zero-order chi connectivity index (χ0) is 14.5. The Hall–Kier alpha value is -2.57. The molecule has 2 aromatic heterocycles. The molecule has 0 spiro atoms. The van der Waals surface area contributed by atoms with Crippen LogP contribution in [0.15, 0.2) is 29.6 Å². The average Bonchev–Trinajstić information content (AvgIpc) is 2.46. The highest BCUT2D eigenvalue weighted by atomic mass is 32.2. The fraction of sp³-hybridized carbons (Fsp3) is 0.143. The minimum absolute atomic E-state index is 0.168. The third-order valence-corrected chi connectivity index (χ3v) is 3.84. The molecule has 0 aromatic carbocycles. The number of nitrogens with two attached hydrogens (primary N) is 1. The van der Waals surface area contributed by atoms with Gasteiger partial charge in [-0.3, -0.25) is 4.98 Å². The first-order valence-electron chi connectivity index (χ1n) is 5.79. The predicted molar refractivity (Wildman–Crippen MR) is 76.6 cm³/mol. The Morgan fingerprint density at radius 3 is 2.45 bits per heavy atom. The van der Waals surface area contributed by atoms with Gasteiger partial charge in [-0.25, -0.2) is 4.98 Å². The van der Waals surface area contributed by atoms with Gasteiger partial charge in [0.15, 0.2) is 0 Å². The van der Waals surface area contributed by atoms with Crippen molar-refractivity contribution in [3.8, 4) is 12.1 Å². The van der Waals surface area contributed by atoms with E-state index in [1.807, 2.05) is 18.2 Å². The van der Waals surface area contributed by atoms with Crippen molar-refractivity contribution >= 4 is 17.6 Å². The first-order chi connectivity index (χ1) is 9.67. The molecule has 2 heterocycles. The van der Waals surface area contributed by atoms with Gasteiger partial charge < -0.3 is 5.73 Å². The summed E-state index contributed by atoms with van der Waals surface area (Å²) < 4.78 is 0. The van der Waals surface area contributed by atoms with Crippen molar-refractivity contribution in [3.63, 3.8) is 0 Å². The second kappa shape index (κ2) is 6.05. The van der Waals surface area contributed by atoms with E-state index < -0.39 is 0 Å². The first-order valence-corrected chi connectivity index (χ1v) is 6.78. The molecular formula is C14H11N5S. The van der Waals surface area contributed by atoms with Crippen LogP contribution in [0.5, 0.6) is 0 Å². The molecule has 0 aliphatic carbocycles. The predicted octanol–water partition coefficient (Wildman–Crippen LogP) is 2.40. The van der Waals surface area contributed by atoms with E-state index in [4.69, 9.17) is 11.0 Å².